The third kappa shape index (κ3) is 3.23. The van der Waals surface area contributed by atoms with Crippen LogP contribution in [0, 0.1) is 6.92 Å². The van der Waals surface area contributed by atoms with Gasteiger partial charge in [0.15, 0.2) is 6.61 Å². The highest BCUT2D eigenvalue weighted by atomic mass is 35.5. The molecule has 5 heteroatoms. The predicted octanol–water partition coefficient (Wildman–Crippen LogP) is 4.28. The number of ether oxygens (including phenoxy) is 1. The van der Waals surface area contributed by atoms with Crippen LogP contribution in [0.2, 0.25) is 5.02 Å². The molecule has 2 aromatic carbocycles. The van der Waals surface area contributed by atoms with Crippen LogP contribution in [-0.2, 0) is 6.61 Å². The smallest absolute Gasteiger partial charge is 0.254 e. The lowest BCUT2D eigenvalue weighted by atomic mass is 10.2. The van der Waals surface area contributed by atoms with Crippen LogP contribution in [0.15, 0.2) is 52.9 Å². The third-order valence-corrected chi connectivity index (χ3v) is 3.28. The molecule has 0 unspecified atom stereocenters. The van der Waals surface area contributed by atoms with Gasteiger partial charge < -0.3 is 9.15 Å². The molecule has 4 nitrogen and oxygen atoms in total. The Morgan fingerprint density at radius 1 is 1.05 bits per heavy atom. The molecule has 106 valence electrons. The van der Waals surface area contributed by atoms with Crippen molar-refractivity contribution in [2.45, 2.75) is 13.5 Å². The number of aromatic nitrogens is 2. The first kappa shape index (κ1) is 13.6. The minimum absolute atomic E-state index is 0.223. The Hall–Kier alpha value is -2.33. The van der Waals surface area contributed by atoms with Gasteiger partial charge in [-0.05, 0) is 31.2 Å². The Morgan fingerprint density at radius 3 is 2.57 bits per heavy atom. The van der Waals surface area contributed by atoms with Crippen LogP contribution in [0.5, 0.6) is 5.75 Å². The number of benzene rings is 2. The van der Waals surface area contributed by atoms with Crippen molar-refractivity contribution in [2.75, 3.05) is 0 Å². The van der Waals surface area contributed by atoms with E-state index in [0.29, 0.717) is 22.4 Å². The van der Waals surface area contributed by atoms with Gasteiger partial charge in [0, 0.05) is 0 Å². The van der Waals surface area contributed by atoms with E-state index in [2.05, 4.69) is 10.2 Å². The summed E-state index contributed by atoms with van der Waals surface area (Å²) in [5, 5.41) is 8.53. The molecule has 3 aromatic rings. The summed E-state index contributed by atoms with van der Waals surface area (Å²) in [5.41, 5.74) is 1.90. The minimum Gasteiger partial charge on any atom is -0.484 e. The number of halogens is 1. The van der Waals surface area contributed by atoms with E-state index in [4.69, 9.17) is 20.8 Å². The van der Waals surface area contributed by atoms with Crippen molar-refractivity contribution >= 4 is 11.6 Å². The van der Waals surface area contributed by atoms with Crippen molar-refractivity contribution in [3.8, 4) is 17.2 Å². The monoisotopic (exact) mass is 300 g/mol. The molecule has 1 heterocycles. The fourth-order valence-electron chi connectivity index (χ4n) is 1.83. The summed E-state index contributed by atoms with van der Waals surface area (Å²) in [4.78, 5) is 0. The maximum absolute atomic E-state index is 6.10. The largest absolute Gasteiger partial charge is 0.484 e. The zero-order chi connectivity index (χ0) is 14.7. The molecule has 0 saturated carbocycles. The zero-order valence-electron chi connectivity index (χ0n) is 11.4. The fourth-order valence-corrected chi connectivity index (χ4v) is 2.05. The number of rotatable bonds is 4. The second-order valence-corrected chi connectivity index (χ2v) is 4.99. The molecule has 0 aliphatic carbocycles. The van der Waals surface area contributed by atoms with E-state index in [0.717, 1.165) is 5.75 Å². The van der Waals surface area contributed by atoms with Crippen molar-refractivity contribution in [2.24, 2.45) is 0 Å². The molecular weight excluding hydrogens is 288 g/mol. The number of nitrogens with zero attached hydrogens (tertiary/aromatic N) is 2. The highest BCUT2D eigenvalue weighted by Gasteiger charge is 2.11. The second kappa shape index (κ2) is 5.97. The van der Waals surface area contributed by atoms with Gasteiger partial charge in [0.2, 0.25) is 5.89 Å². The molecule has 21 heavy (non-hydrogen) atoms. The molecule has 0 N–H and O–H groups in total. The summed E-state index contributed by atoms with van der Waals surface area (Å²) < 4.78 is 11.2. The van der Waals surface area contributed by atoms with E-state index < -0.39 is 0 Å². The molecule has 0 atom stereocenters. The molecule has 3 rings (SSSR count). The van der Waals surface area contributed by atoms with Crippen LogP contribution < -0.4 is 4.74 Å². The van der Waals surface area contributed by atoms with Gasteiger partial charge in [-0.1, -0.05) is 41.4 Å². The molecule has 0 aliphatic rings. The molecule has 0 spiro atoms. The first-order valence-electron chi connectivity index (χ1n) is 6.49. The predicted molar refractivity (Wildman–Crippen MR) is 80.3 cm³/mol. The van der Waals surface area contributed by atoms with Crippen molar-refractivity contribution in [1.29, 1.82) is 0 Å². The summed E-state index contributed by atoms with van der Waals surface area (Å²) in [6.45, 7) is 2.25. The highest BCUT2D eigenvalue weighted by Crippen LogP contribution is 2.26. The summed E-state index contributed by atoms with van der Waals surface area (Å²) in [7, 11) is 0. The van der Waals surface area contributed by atoms with Gasteiger partial charge in [-0.15, -0.1) is 10.2 Å². The summed E-state index contributed by atoms with van der Waals surface area (Å²) >= 11 is 6.10. The van der Waals surface area contributed by atoms with Crippen molar-refractivity contribution in [3.05, 3.63) is 65.0 Å². The maximum Gasteiger partial charge on any atom is 0.254 e. The summed E-state index contributed by atoms with van der Waals surface area (Å²) in [5.74, 6) is 1.56. The van der Waals surface area contributed by atoms with Crippen LogP contribution in [0.4, 0.5) is 0 Å². The van der Waals surface area contributed by atoms with E-state index in [-0.39, 0.29) is 6.61 Å². The Kier molecular flexibility index (Phi) is 3.88. The van der Waals surface area contributed by atoms with Crippen LogP contribution in [0.25, 0.3) is 11.5 Å². The van der Waals surface area contributed by atoms with Crippen LogP contribution in [0.3, 0.4) is 0 Å². The molecule has 0 saturated heterocycles. The van der Waals surface area contributed by atoms with Crippen LogP contribution >= 0.6 is 11.6 Å². The third-order valence-electron chi connectivity index (χ3n) is 2.95. The van der Waals surface area contributed by atoms with E-state index >= 15 is 0 Å². The second-order valence-electron chi connectivity index (χ2n) is 4.58. The maximum atomic E-state index is 6.10. The van der Waals surface area contributed by atoms with E-state index in [9.17, 15) is 0 Å². The Labute approximate surface area is 127 Å². The first-order valence-corrected chi connectivity index (χ1v) is 6.87. The minimum atomic E-state index is 0.223. The zero-order valence-corrected chi connectivity index (χ0v) is 12.2. The van der Waals surface area contributed by atoms with Gasteiger partial charge in [-0.2, -0.15) is 0 Å². The van der Waals surface area contributed by atoms with Gasteiger partial charge in [0.1, 0.15) is 5.75 Å². The van der Waals surface area contributed by atoms with Gasteiger partial charge in [0.05, 0.1) is 10.6 Å². The lowest BCUT2D eigenvalue weighted by molar-refractivity contribution is 0.264. The van der Waals surface area contributed by atoms with Gasteiger partial charge in [0.25, 0.3) is 5.89 Å². The topological polar surface area (TPSA) is 48.2 Å². The molecule has 0 amide bonds. The number of aryl methyl sites for hydroxylation is 1. The average Bonchev–Trinajstić information content (AvgIpc) is 2.96. The van der Waals surface area contributed by atoms with Crippen LogP contribution in [-0.4, -0.2) is 10.2 Å². The molecule has 0 radical (unpaired) electrons. The highest BCUT2D eigenvalue weighted by molar-refractivity contribution is 6.33. The Bertz CT molecular complexity index is 738. The van der Waals surface area contributed by atoms with Gasteiger partial charge >= 0.3 is 0 Å². The molecule has 0 aliphatic heterocycles. The average molecular weight is 301 g/mol. The Morgan fingerprint density at radius 2 is 1.81 bits per heavy atom. The summed E-state index contributed by atoms with van der Waals surface area (Å²) in [6, 6.07) is 15.1. The van der Waals surface area contributed by atoms with E-state index in [1.165, 1.54) is 5.56 Å². The molecule has 1 aromatic heterocycles. The normalized spacial score (nSPS) is 10.6. The van der Waals surface area contributed by atoms with E-state index in [1.807, 2.05) is 49.4 Å². The quantitative estimate of drug-likeness (QED) is 0.721. The van der Waals surface area contributed by atoms with Crippen molar-refractivity contribution < 1.29 is 9.15 Å². The number of hydrogen-bond donors (Lipinski definition) is 0. The molecule has 0 bridgehead atoms. The van der Waals surface area contributed by atoms with Gasteiger partial charge in [-0.3, -0.25) is 0 Å². The first-order chi connectivity index (χ1) is 10.2. The summed E-state index contributed by atoms with van der Waals surface area (Å²) in [6.07, 6.45) is 0. The SMILES string of the molecule is Cc1ccc(OCc2nnc(-c3ccccc3Cl)o2)cc1. The van der Waals surface area contributed by atoms with Crippen LogP contribution in [0.1, 0.15) is 11.5 Å². The lowest BCUT2D eigenvalue weighted by Crippen LogP contribution is -1.95. The molecule has 0 fully saturated rings. The molecular formula is C16H13ClN2O2. The van der Waals surface area contributed by atoms with E-state index in [1.54, 1.807) is 6.07 Å². The standard InChI is InChI=1S/C16H13ClN2O2/c1-11-6-8-12(9-7-11)20-10-15-18-19-16(21-15)13-4-2-3-5-14(13)17/h2-9H,10H2,1H3. The fraction of sp³-hybridized carbons (Fsp3) is 0.125. The van der Waals surface area contributed by atoms with Gasteiger partial charge in [-0.25, -0.2) is 0 Å². The lowest BCUT2D eigenvalue weighted by Gasteiger charge is -2.03. The van der Waals surface area contributed by atoms with Crippen molar-refractivity contribution in [3.63, 3.8) is 0 Å². The number of hydrogen-bond acceptors (Lipinski definition) is 4. The van der Waals surface area contributed by atoms with Crippen molar-refractivity contribution in [1.82, 2.24) is 10.2 Å². The Balaban J connectivity index is 1.71.